The molecule has 3 heterocycles. The molecule has 0 saturated heterocycles. The third-order valence-corrected chi connectivity index (χ3v) is 15.1. The number of rotatable bonds is 18. The molecule has 49 heavy (non-hydrogen) atoms. The second-order valence-corrected chi connectivity index (χ2v) is 18.6. The molecule has 0 amide bonds. The van der Waals surface area contributed by atoms with E-state index in [1.54, 1.807) is 7.11 Å². The third kappa shape index (κ3) is 10.4. The van der Waals surface area contributed by atoms with Gasteiger partial charge in [-0.3, -0.25) is 0 Å². The maximum absolute atomic E-state index is 6.80. The van der Waals surface area contributed by atoms with E-state index in [1.807, 2.05) is 11.3 Å². The molecule has 3 aromatic rings. The molecule has 0 bridgehead atoms. The number of ether oxygens (including phenoxy) is 2. The fraction of sp³-hybridized carbons (Fsp3) is 0.409. The number of methoxy groups -OCH3 is 1. The largest absolute Gasteiger partial charge is 0.496 e. The van der Waals surface area contributed by atoms with Gasteiger partial charge in [0.05, 0.1) is 32.8 Å². The van der Waals surface area contributed by atoms with E-state index in [2.05, 4.69) is 112 Å². The van der Waals surface area contributed by atoms with Crippen LogP contribution < -0.4 is 9.47 Å². The minimum Gasteiger partial charge on any atom is -0.496 e. The number of thiophene rings is 1. The first-order chi connectivity index (χ1) is 24.0. The van der Waals surface area contributed by atoms with E-state index in [9.17, 15) is 0 Å². The Labute approximate surface area is 305 Å². The van der Waals surface area contributed by atoms with E-state index >= 15 is 0 Å². The summed E-state index contributed by atoms with van der Waals surface area (Å²) in [5, 5.41) is 5.77. The Morgan fingerprint density at radius 3 is 2.29 bits per heavy atom. The van der Waals surface area contributed by atoms with E-state index in [-0.39, 0.29) is 0 Å². The maximum Gasteiger partial charge on any atom is 0.128 e. The van der Waals surface area contributed by atoms with Crippen molar-refractivity contribution in [3.63, 3.8) is 0 Å². The third-order valence-electron chi connectivity index (χ3n) is 9.88. The summed E-state index contributed by atoms with van der Waals surface area (Å²) in [6, 6.07) is 18.0. The van der Waals surface area contributed by atoms with Crippen molar-refractivity contribution < 1.29 is 9.47 Å². The van der Waals surface area contributed by atoms with Gasteiger partial charge in [-0.15, -0.1) is 11.3 Å². The summed E-state index contributed by atoms with van der Waals surface area (Å²) in [4.78, 5) is 2.60. The number of hydrogen-bond acceptors (Lipinski definition) is 3. The van der Waals surface area contributed by atoms with Crippen LogP contribution in [0, 0.1) is 24.7 Å². The molecule has 0 spiro atoms. The first-order valence-corrected chi connectivity index (χ1v) is 22.5. The average molecular weight is 705 g/mol. The van der Waals surface area contributed by atoms with Gasteiger partial charge >= 0.3 is 0 Å². The van der Waals surface area contributed by atoms with E-state index in [0.717, 1.165) is 36.5 Å². The lowest BCUT2D eigenvalue weighted by atomic mass is 10.0. The molecule has 258 valence electrons. The van der Waals surface area contributed by atoms with Crippen LogP contribution in [0.25, 0.3) is 26.0 Å². The standard InChI is InChI=1S/C44H56O2SSi2/c1-6-9-11-12-13-14-15-16-21-35-22-25-44(48-35)41-24-23-40(47-41)36-29-39(46-31-33(8-3)19-10-7-2)37(30-38(36)45-5)43-27-26-42(49-43)34-20-17-18-32(4)28-34/h17-18,20,22-30,33H,6-15,19,31,48-49H2,1-5H3. The highest BCUT2D eigenvalue weighted by Crippen LogP contribution is 2.44. The molecule has 0 fully saturated rings. The Hall–Kier alpha value is -3.31. The molecule has 2 aromatic carbocycles. The van der Waals surface area contributed by atoms with Crippen LogP contribution in [0.4, 0.5) is 0 Å². The van der Waals surface area contributed by atoms with Gasteiger partial charge in [-0.2, -0.15) is 0 Å². The lowest BCUT2D eigenvalue weighted by Gasteiger charge is -2.20. The summed E-state index contributed by atoms with van der Waals surface area (Å²) in [7, 11) is 0.585. The Morgan fingerprint density at radius 2 is 1.49 bits per heavy atom. The molecule has 0 radical (unpaired) electrons. The summed E-state index contributed by atoms with van der Waals surface area (Å²) in [6.45, 7) is 9.78. The zero-order chi connectivity index (χ0) is 34.4. The van der Waals surface area contributed by atoms with Gasteiger partial charge in [0.25, 0.3) is 0 Å². The monoisotopic (exact) mass is 704 g/mol. The van der Waals surface area contributed by atoms with Crippen molar-refractivity contribution in [3.8, 4) is 33.8 Å². The second-order valence-electron chi connectivity index (χ2n) is 13.8. The molecular weight excluding hydrogens is 649 g/mol. The fourth-order valence-corrected chi connectivity index (χ4v) is 11.3. The number of aryl methyl sites for hydroxylation is 1. The molecular formula is C44H56O2SSi2. The maximum atomic E-state index is 6.80. The Bertz CT molecular complexity index is 1750. The molecule has 2 aliphatic heterocycles. The molecule has 2 aliphatic rings. The summed E-state index contributed by atoms with van der Waals surface area (Å²) < 4.78 is 12.9. The quantitative estimate of drug-likeness (QED) is 0.0745. The zero-order valence-corrected chi connectivity index (χ0v) is 34.3. The lowest BCUT2D eigenvalue weighted by Crippen LogP contribution is -2.12. The lowest BCUT2D eigenvalue weighted by molar-refractivity contribution is 0.233. The summed E-state index contributed by atoms with van der Waals surface area (Å²) in [5.41, 5.74) is 4.99. The van der Waals surface area contributed by atoms with E-state index in [0.29, 0.717) is 5.92 Å². The van der Waals surface area contributed by atoms with Crippen LogP contribution in [0.3, 0.4) is 0 Å². The predicted molar refractivity (Wildman–Crippen MR) is 221 cm³/mol. The fourth-order valence-electron chi connectivity index (χ4n) is 6.75. The van der Waals surface area contributed by atoms with E-state index in [1.165, 1.54) is 105 Å². The first-order valence-electron chi connectivity index (χ1n) is 18.8. The van der Waals surface area contributed by atoms with Crippen LogP contribution in [0.1, 0.15) is 113 Å². The highest BCUT2D eigenvalue weighted by atomic mass is 32.1. The molecule has 5 heteroatoms. The van der Waals surface area contributed by atoms with Crippen LogP contribution in [-0.4, -0.2) is 32.8 Å². The number of benzene rings is 2. The molecule has 0 aliphatic carbocycles. The average Bonchev–Trinajstić information content (AvgIpc) is 3.91. The summed E-state index contributed by atoms with van der Waals surface area (Å²) in [6.07, 6.45) is 23.1. The van der Waals surface area contributed by atoms with Crippen LogP contribution in [0.5, 0.6) is 11.5 Å². The molecule has 1 unspecified atom stereocenters. The smallest absolute Gasteiger partial charge is 0.128 e. The molecule has 2 nitrogen and oxygen atoms in total. The Kier molecular flexibility index (Phi) is 14.5. The van der Waals surface area contributed by atoms with Gasteiger partial charge in [-0.1, -0.05) is 149 Å². The summed E-state index contributed by atoms with van der Waals surface area (Å²) in [5.74, 6) is 9.48. The second kappa shape index (κ2) is 19.2. The number of unbranched alkanes of at least 4 members (excludes halogenated alkanes) is 7. The summed E-state index contributed by atoms with van der Waals surface area (Å²) >= 11 is 1.88. The predicted octanol–water partition coefficient (Wildman–Crippen LogP) is 11.1. The van der Waals surface area contributed by atoms with Crippen molar-refractivity contribution in [2.24, 2.45) is 5.92 Å². The molecule has 1 aromatic heterocycles. The van der Waals surface area contributed by atoms with Gasteiger partial charge < -0.3 is 9.47 Å². The normalized spacial score (nSPS) is 15.4. The minimum atomic E-state index is -0.673. The van der Waals surface area contributed by atoms with Crippen molar-refractivity contribution in [1.82, 2.24) is 0 Å². The topological polar surface area (TPSA) is 18.5 Å². The molecule has 0 saturated carbocycles. The van der Waals surface area contributed by atoms with Gasteiger partial charge in [0.15, 0.2) is 0 Å². The van der Waals surface area contributed by atoms with Crippen LogP contribution in [0.15, 0.2) is 78.0 Å². The van der Waals surface area contributed by atoms with Crippen LogP contribution in [-0.2, 0) is 0 Å². The van der Waals surface area contributed by atoms with Crippen molar-refractivity contribution in [1.29, 1.82) is 0 Å². The highest BCUT2D eigenvalue weighted by molar-refractivity contribution is 7.17. The van der Waals surface area contributed by atoms with Crippen molar-refractivity contribution in [2.75, 3.05) is 13.7 Å². The van der Waals surface area contributed by atoms with Gasteiger partial charge in [-0.25, -0.2) is 0 Å². The van der Waals surface area contributed by atoms with Crippen molar-refractivity contribution in [2.45, 2.75) is 98.3 Å². The molecule has 5 rings (SSSR count). The van der Waals surface area contributed by atoms with E-state index < -0.39 is 19.0 Å². The van der Waals surface area contributed by atoms with Gasteiger partial charge in [0.1, 0.15) is 11.5 Å². The van der Waals surface area contributed by atoms with Gasteiger partial charge in [-0.05, 0) is 65.9 Å². The minimum absolute atomic E-state index is 0.547. The number of allylic oxidation sites excluding steroid dienone is 5. The Balaban J connectivity index is 1.32. The zero-order valence-electron chi connectivity index (χ0n) is 30.6. The first kappa shape index (κ1) is 37.0. The van der Waals surface area contributed by atoms with Crippen LogP contribution >= 0.6 is 11.3 Å². The number of hydrogen-bond donors (Lipinski definition) is 0. The van der Waals surface area contributed by atoms with E-state index in [4.69, 9.17) is 9.47 Å². The van der Waals surface area contributed by atoms with Gasteiger partial charge in [0.2, 0.25) is 0 Å². The Morgan fingerprint density at radius 1 is 0.735 bits per heavy atom. The SMILES string of the molecule is CCCCCCCCC#CC1=CC=C(c2ccc(-c3cc(OCC(CC)CCCC)c(C4=CC=C(c5cccc(C)c5)[SiH2]4)cc3OC)s2)[SiH2]1. The van der Waals surface area contributed by atoms with Crippen molar-refractivity contribution in [3.05, 3.63) is 99.6 Å². The van der Waals surface area contributed by atoms with Crippen LogP contribution in [0.2, 0.25) is 0 Å². The molecule has 0 N–H and O–H groups in total. The highest BCUT2D eigenvalue weighted by Gasteiger charge is 2.22. The molecule has 1 atom stereocenters. The van der Waals surface area contributed by atoms with Gasteiger partial charge in [0, 0.05) is 27.3 Å². The van der Waals surface area contributed by atoms with Crippen molar-refractivity contribution >= 4 is 46.0 Å².